The summed E-state index contributed by atoms with van der Waals surface area (Å²) in [5, 5.41) is 11.6. The summed E-state index contributed by atoms with van der Waals surface area (Å²) in [5.41, 5.74) is 0. The highest BCUT2D eigenvalue weighted by atomic mass is 16.3. The predicted molar refractivity (Wildman–Crippen MR) is 46.6 cm³/mol. The van der Waals surface area contributed by atoms with Crippen molar-refractivity contribution in [3.8, 4) is 0 Å². The smallest absolute Gasteiger partial charge is 0.220 e. The zero-order chi connectivity index (χ0) is 8.97. The SMILES string of the molecule is C[C@H](O)CNC(=O)CC1CCC1. The Hall–Kier alpha value is -0.570. The van der Waals surface area contributed by atoms with Crippen LogP contribution < -0.4 is 5.32 Å². The first-order chi connectivity index (χ1) is 5.68. The minimum Gasteiger partial charge on any atom is -0.392 e. The Bertz CT molecular complexity index is 153. The van der Waals surface area contributed by atoms with Gasteiger partial charge in [0.25, 0.3) is 0 Å². The van der Waals surface area contributed by atoms with Crippen molar-refractivity contribution in [1.82, 2.24) is 5.32 Å². The topological polar surface area (TPSA) is 49.3 Å². The molecule has 0 aromatic rings. The van der Waals surface area contributed by atoms with E-state index in [1.165, 1.54) is 19.3 Å². The maximum Gasteiger partial charge on any atom is 0.220 e. The molecule has 1 aliphatic rings. The van der Waals surface area contributed by atoms with Crippen molar-refractivity contribution in [2.24, 2.45) is 5.92 Å². The highest BCUT2D eigenvalue weighted by Gasteiger charge is 2.20. The highest BCUT2D eigenvalue weighted by Crippen LogP contribution is 2.28. The summed E-state index contributed by atoms with van der Waals surface area (Å²) in [7, 11) is 0. The molecule has 12 heavy (non-hydrogen) atoms. The summed E-state index contributed by atoms with van der Waals surface area (Å²) >= 11 is 0. The lowest BCUT2D eigenvalue weighted by Crippen LogP contribution is -2.32. The molecule has 2 N–H and O–H groups in total. The van der Waals surface area contributed by atoms with Crippen molar-refractivity contribution < 1.29 is 9.90 Å². The van der Waals surface area contributed by atoms with Crippen molar-refractivity contribution in [2.75, 3.05) is 6.54 Å². The van der Waals surface area contributed by atoms with Crippen LogP contribution in [0.1, 0.15) is 32.6 Å². The van der Waals surface area contributed by atoms with Crippen molar-refractivity contribution >= 4 is 5.91 Å². The number of aliphatic hydroxyl groups excluding tert-OH is 1. The molecule has 3 nitrogen and oxygen atoms in total. The summed E-state index contributed by atoms with van der Waals surface area (Å²) in [5.74, 6) is 0.694. The van der Waals surface area contributed by atoms with Gasteiger partial charge in [-0.25, -0.2) is 0 Å². The van der Waals surface area contributed by atoms with Crippen LogP contribution >= 0.6 is 0 Å². The normalized spacial score (nSPS) is 19.8. The molecule has 0 heterocycles. The van der Waals surface area contributed by atoms with E-state index in [0.29, 0.717) is 18.9 Å². The van der Waals surface area contributed by atoms with Gasteiger partial charge in [-0.05, 0) is 25.7 Å². The number of carbonyl (C=O) groups is 1. The van der Waals surface area contributed by atoms with Gasteiger partial charge >= 0.3 is 0 Å². The monoisotopic (exact) mass is 171 g/mol. The summed E-state index contributed by atoms with van der Waals surface area (Å²) in [6.07, 6.45) is 3.88. The molecule has 0 radical (unpaired) electrons. The van der Waals surface area contributed by atoms with Crippen LogP contribution in [0.5, 0.6) is 0 Å². The molecule has 0 aromatic carbocycles. The molecule has 1 atom stereocenters. The van der Waals surface area contributed by atoms with E-state index in [0.717, 1.165) is 0 Å². The predicted octanol–water partition coefficient (Wildman–Crippen LogP) is 0.674. The maximum absolute atomic E-state index is 11.1. The molecule has 0 saturated heterocycles. The fourth-order valence-corrected chi connectivity index (χ4v) is 1.29. The molecule has 70 valence electrons. The number of aliphatic hydroxyl groups is 1. The van der Waals surface area contributed by atoms with Crippen molar-refractivity contribution in [3.63, 3.8) is 0 Å². The standard InChI is InChI=1S/C9H17NO2/c1-7(11)6-10-9(12)5-8-3-2-4-8/h7-8,11H,2-6H2,1H3,(H,10,12)/t7-/m0/s1. The molecule has 3 heteroatoms. The van der Waals surface area contributed by atoms with Gasteiger partial charge in [-0.1, -0.05) is 6.42 Å². The van der Waals surface area contributed by atoms with Crippen LogP contribution in [0.3, 0.4) is 0 Å². The third-order valence-electron chi connectivity index (χ3n) is 2.29. The van der Waals surface area contributed by atoms with E-state index in [1.54, 1.807) is 6.92 Å². The Balaban J connectivity index is 2.03. The van der Waals surface area contributed by atoms with Gasteiger partial charge in [0.05, 0.1) is 6.10 Å². The molecule has 1 fully saturated rings. The van der Waals surface area contributed by atoms with Gasteiger partial charge < -0.3 is 10.4 Å². The lowest BCUT2D eigenvalue weighted by molar-refractivity contribution is -0.123. The fourth-order valence-electron chi connectivity index (χ4n) is 1.29. The van der Waals surface area contributed by atoms with E-state index in [4.69, 9.17) is 5.11 Å². The van der Waals surface area contributed by atoms with Crippen LogP contribution in [-0.2, 0) is 4.79 Å². The molecule has 0 aliphatic heterocycles. The number of hydrogen-bond acceptors (Lipinski definition) is 2. The molecule has 0 aromatic heterocycles. The lowest BCUT2D eigenvalue weighted by atomic mass is 9.83. The Morgan fingerprint density at radius 1 is 1.67 bits per heavy atom. The van der Waals surface area contributed by atoms with E-state index in [1.807, 2.05) is 0 Å². The number of hydrogen-bond donors (Lipinski definition) is 2. The summed E-state index contributed by atoms with van der Waals surface area (Å²) in [4.78, 5) is 11.1. The third-order valence-corrected chi connectivity index (χ3v) is 2.29. The second-order valence-corrected chi connectivity index (χ2v) is 3.65. The van der Waals surface area contributed by atoms with Gasteiger partial charge in [-0.3, -0.25) is 4.79 Å². The molecule has 1 rings (SSSR count). The van der Waals surface area contributed by atoms with Crippen molar-refractivity contribution in [1.29, 1.82) is 0 Å². The van der Waals surface area contributed by atoms with Gasteiger partial charge in [0, 0.05) is 13.0 Å². The summed E-state index contributed by atoms with van der Waals surface area (Å²) in [6, 6.07) is 0. The Morgan fingerprint density at radius 2 is 2.33 bits per heavy atom. The zero-order valence-electron chi connectivity index (χ0n) is 7.55. The number of carbonyl (C=O) groups excluding carboxylic acids is 1. The molecule has 1 saturated carbocycles. The number of rotatable bonds is 4. The van der Waals surface area contributed by atoms with Crippen LogP contribution in [0, 0.1) is 5.92 Å². The average molecular weight is 171 g/mol. The zero-order valence-corrected chi connectivity index (χ0v) is 7.55. The average Bonchev–Trinajstić information content (AvgIpc) is 1.93. The number of amides is 1. The van der Waals surface area contributed by atoms with Crippen LogP contribution in [0.25, 0.3) is 0 Å². The number of nitrogens with one attached hydrogen (secondary N) is 1. The molecule has 0 bridgehead atoms. The van der Waals surface area contributed by atoms with Crippen LogP contribution in [0.4, 0.5) is 0 Å². The Morgan fingerprint density at radius 3 is 2.75 bits per heavy atom. The van der Waals surface area contributed by atoms with Crippen molar-refractivity contribution in [3.05, 3.63) is 0 Å². The quantitative estimate of drug-likeness (QED) is 0.653. The summed E-state index contributed by atoms with van der Waals surface area (Å²) in [6.45, 7) is 2.05. The van der Waals surface area contributed by atoms with Gasteiger partial charge in [0.2, 0.25) is 5.91 Å². The molecular weight excluding hydrogens is 154 g/mol. The highest BCUT2D eigenvalue weighted by molar-refractivity contribution is 5.76. The fraction of sp³-hybridized carbons (Fsp3) is 0.889. The largest absolute Gasteiger partial charge is 0.392 e. The Labute approximate surface area is 73.2 Å². The first-order valence-corrected chi connectivity index (χ1v) is 4.63. The van der Waals surface area contributed by atoms with E-state index in [-0.39, 0.29) is 5.91 Å². The van der Waals surface area contributed by atoms with E-state index >= 15 is 0 Å². The molecule has 1 amide bonds. The molecule has 1 aliphatic carbocycles. The van der Waals surface area contributed by atoms with Gasteiger partial charge in [-0.15, -0.1) is 0 Å². The van der Waals surface area contributed by atoms with Crippen LogP contribution in [0.15, 0.2) is 0 Å². The van der Waals surface area contributed by atoms with Gasteiger partial charge in [-0.2, -0.15) is 0 Å². The molecule has 0 spiro atoms. The van der Waals surface area contributed by atoms with Gasteiger partial charge in [0.1, 0.15) is 0 Å². The third kappa shape index (κ3) is 3.22. The first kappa shape index (κ1) is 9.52. The van der Waals surface area contributed by atoms with E-state index in [2.05, 4.69) is 5.32 Å². The minimum absolute atomic E-state index is 0.0839. The Kier molecular flexibility index (Phi) is 3.53. The minimum atomic E-state index is -0.435. The second-order valence-electron chi connectivity index (χ2n) is 3.65. The molecule has 0 unspecified atom stereocenters. The summed E-state index contributed by atoms with van der Waals surface area (Å²) < 4.78 is 0. The lowest BCUT2D eigenvalue weighted by Gasteiger charge is -2.24. The maximum atomic E-state index is 11.1. The van der Waals surface area contributed by atoms with Crippen LogP contribution in [-0.4, -0.2) is 23.7 Å². The van der Waals surface area contributed by atoms with E-state index in [9.17, 15) is 4.79 Å². The van der Waals surface area contributed by atoms with Gasteiger partial charge in [0.15, 0.2) is 0 Å². The first-order valence-electron chi connectivity index (χ1n) is 4.63. The second kappa shape index (κ2) is 4.45. The van der Waals surface area contributed by atoms with Crippen LogP contribution in [0.2, 0.25) is 0 Å². The van der Waals surface area contributed by atoms with E-state index < -0.39 is 6.10 Å². The van der Waals surface area contributed by atoms with Crippen molar-refractivity contribution in [2.45, 2.75) is 38.7 Å². The molecular formula is C9H17NO2.